The largest absolute Gasteiger partial charge is 0.453 e. The number of aryl methyl sites for hydroxylation is 1. The van der Waals surface area contributed by atoms with Crippen molar-refractivity contribution in [3.8, 4) is 11.5 Å². The number of rotatable bonds is 8. The highest BCUT2D eigenvalue weighted by Crippen LogP contribution is 2.43. The number of aromatic nitrogens is 2. The molecule has 2 aromatic carbocycles. The average molecular weight is 559 g/mol. The van der Waals surface area contributed by atoms with E-state index in [0.29, 0.717) is 17.3 Å². The third kappa shape index (κ3) is 5.42. The van der Waals surface area contributed by atoms with Gasteiger partial charge in [-0.15, -0.1) is 11.3 Å². The molecule has 1 aliphatic rings. The molecule has 3 aromatic heterocycles. The lowest BCUT2D eigenvalue weighted by molar-refractivity contribution is 0.475. The Hall–Kier alpha value is -3.37. The Morgan fingerprint density at radius 2 is 1.84 bits per heavy atom. The second-order valence-electron chi connectivity index (χ2n) is 8.59. The summed E-state index contributed by atoms with van der Waals surface area (Å²) in [5, 5.41) is 4.14. The van der Waals surface area contributed by atoms with Gasteiger partial charge < -0.3 is 15.4 Å². The highest BCUT2D eigenvalue weighted by atomic mass is 32.2. The van der Waals surface area contributed by atoms with Crippen LogP contribution in [-0.2, 0) is 6.42 Å². The Morgan fingerprint density at radius 1 is 1.00 bits per heavy atom. The van der Waals surface area contributed by atoms with E-state index in [1.54, 1.807) is 47.0 Å². The third-order valence-electron chi connectivity index (χ3n) is 6.03. The van der Waals surface area contributed by atoms with Crippen LogP contribution in [0.5, 0.6) is 11.5 Å². The van der Waals surface area contributed by atoms with Crippen LogP contribution in [0.3, 0.4) is 0 Å². The van der Waals surface area contributed by atoms with E-state index >= 15 is 0 Å². The van der Waals surface area contributed by atoms with Gasteiger partial charge in [0.15, 0.2) is 11.6 Å². The van der Waals surface area contributed by atoms with Crippen LogP contribution in [0.15, 0.2) is 111 Å². The van der Waals surface area contributed by atoms with Crippen LogP contribution in [0.2, 0.25) is 0 Å². The van der Waals surface area contributed by atoms with E-state index in [1.807, 2.05) is 46.9 Å². The first-order valence-corrected chi connectivity index (χ1v) is 14.6. The van der Waals surface area contributed by atoms with Crippen LogP contribution in [-0.4, -0.2) is 15.5 Å². The SMILES string of the molecule is NC1SC=C(CCc2ccccc2)N1c1ncc(Sc2ccnc3ccsc23)cc1Oc1ccc(F)cc1. The second-order valence-corrected chi connectivity index (χ2v) is 11.6. The van der Waals surface area contributed by atoms with Gasteiger partial charge in [0.1, 0.15) is 17.1 Å². The maximum atomic E-state index is 13.6. The standard InChI is InChI=1S/C29H23FN4OS3/c30-20-7-10-22(11-8-20)35-25-16-23(38-26-12-14-32-24-13-15-36-27(24)26)17-33-28(25)34-21(18-37-29(34)31)9-6-19-4-2-1-3-5-19/h1-5,7-8,10-18,29H,6,9,31H2. The predicted molar refractivity (Wildman–Crippen MR) is 155 cm³/mol. The van der Waals surface area contributed by atoms with E-state index in [9.17, 15) is 4.39 Å². The number of anilines is 1. The molecule has 9 heteroatoms. The van der Waals surface area contributed by atoms with Crippen molar-refractivity contribution >= 4 is 50.9 Å². The fourth-order valence-corrected chi connectivity index (χ4v) is 6.96. The van der Waals surface area contributed by atoms with Gasteiger partial charge in [0, 0.05) is 33.9 Å². The Labute approximate surface area is 232 Å². The van der Waals surface area contributed by atoms with Gasteiger partial charge in [0.25, 0.3) is 0 Å². The molecular formula is C29H23FN4OS3. The number of fused-ring (bicyclic) bond motifs is 1. The molecule has 0 saturated carbocycles. The molecule has 0 amide bonds. The van der Waals surface area contributed by atoms with E-state index in [4.69, 9.17) is 15.5 Å². The van der Waals surface area contributed by atoms with Crippen LogP contribution in [0.1, 0.15) is 12.0 Å². The topological polar surface area (TPSA) is 64.3 Å². The summed E-state index contributed by atoms with van der Waals surface area (Å²) in [6.07, 6.45) is 5.37. The summed E-state index contributed by atoms with van der Waals surface area (Å²) in [5.74, 6) is 1.39. The van der Waals surface area contributed by atoms with Crippen molar-refractivity contribution in [3.63, 3.8) is 0 Å². The van der Waals surface area contributed by atoms with Crippen LogP contribution in [0.25, 0.3) is 10.2 Å². The number of allylic oxidation sites excluding steroid dienone is 1. The van der Waals surface area contributed by atoms with Crippen molar-refractivity contribution < 1.29 is 9.13 Å². The van der Waals surface area contributed by atoms with E-state index in [2.05, 4.69) is 34.7 Å². The van der Waals surface area contributed by atoms with Crippen LogP contribution in [0.4, 0.5) is 10.2 Å². The monoisotopic (exact) mass is 558 g/mol. The van der Waals surface area contributed by atoms with Gasteiger partial charge >= 0.3 is 0 Å². The van der Waals surface area contributed by atoms with Crippen molar-refractivity contribution in [3.05, 3.63) is 113 Å². The molecule has 0 radical (unpaired) electrons. The number of thiophene rings is 1. The highest BCUT2D eigenvalue weighted by molar-refractivity contribution is 8.03. The molecule has 0 fully saturated rings. The molecule has 0 saturated heterocycles. The summed E-state index contributed by atoms with van der Waals surface area (Å²) < 4.78 is 21.0. The van der Waals surface area contributed by atoms with Gasteiger partial charge in [-0.25, -0.2) is 9.37 Å². The van der Waals surface area contributed by atoms with Gasteiger partial charge in [0.2, 0.25) is 0 Å². The molecule has 0 spiro atoms. The predicted octanol–water partition coefficient (Wildman–Crippen LogP) is 8.04. The normalized spacial score (nSPS) is 15.2. The molecule has 5 nitrogen and oxygen atoms in total. The van der Waals surface area contributed by atoms with E-state index in [1.165, 1.54) is 17.7 Å². The van der Waals surface area contributed by atoms with Gasteiger partial charge in [-0.3, -0.25) is 4.98 Å². The molecule has 5 aromatic rings. The fraction of sp³-hybridized carbons (Fsp3) is 0.103. The second kappa shape index (κ2) is 11.2. The molecule has 1 unspecified atom stereocenters. The first kappa shape index (κ1) is 24.9. The van der Waals surface area contributed by atoms with Crippen molar-refractivity contribution in [2.75, 3.05) is 4.90 Å². The number of thioether (sulfide) groups is 1. The van der Waals surface area contributed by atoms with Crippen molar-refractivity contribution in [1.29, 1.82) is 0 Å². The van der Waals surface area contributed by atoms with Crippen LogP contribution in [0, 0.1) is 5.82 Å². The lowest BCUT2D eigenvalue weighted by Gasteiger charge is -2.27. The summed E-state index contributed by atoms with van der Waals surface area (Å²) >= 11 is 4.83. The number of benzene rings is 2. The molecule has 6 rings (SSSR count). The zero-order valence-corrected chi connectivity index (χ0v) is 22.6. The van der Waals surface area contributed by atoms with Gasteiger partial charge in [0.05, 0.1) is 10.2 Å². The Balaban J connectivity index is 1.33. The molecule has 190 valence electrons. The zero-order chi connectivity index (χ0) is 25.9. The number of pyridine rings is 2. The number of halogens is 1. The van der Waals surface area contributed by atoms with Gasteiger partial charge in [-0.2, -0.15) is 0 Å². The van der Waals surface area contributed by atoms with Gasteiger partial charge in [-0.1, -0.05) is 53.9 Å². The van der Waals surface area contributed by atoms with E-state index < -0.39 is 0 Å². The summed E-state index contributed by atoms with van der Waals surface area (Å²) in [6, 6.07) is 22.4. The number of nitrogens with two attached hydrogens (primary N) is 1. The molecule has 0 bridgehead atoms. The number of hydrogen-bond acceptors (Lipinski definition) is 8. The van der Waals surface area contributed by atoms with E-state index in [0.717, 1.165) is 38.5 Å². The molecule has 38 heavy (non-hydrogen) atoms. The van der Waals surface area contributed by atoms with Crippen LogP contribution >= 0.6 is 34.9 Å². The summed E-state index contributed by atoms with van der Waals surface area (Å²) in [6.45, 7) is 0. The molecule has 1 atom stereocenters. The van der Waals surface area contributed by atoms with Crippen LogP contribution < -0.4 is 15.4 Å². The molecule has 2 N–H and O–H groups in total. The van der Waals surface area contributed by atoms with Crippen molar-refractivity contribution in [2.45, 2.75) is 28.1 Å². The zero-order valence-electron chi connectivity index (χ0n) is 20.2. The smallest absolute Gasteiger partial charge is 0.178 e. The van der Waals surface area contributed by atoms with Crippen molar-refractivity contribution in [2.24, 2.45) is 5.73 Å². The highest BCUT2D eigenvalue weighted by Gasteiger charge is 2.29. The number of ether oxygens (including phenoxy) is 1. The first-order chi connectivity index (χ1) is 18.6. The van der Waals surface area contributed by atoms with E-state index in [-0.39, 0.29) is 11.3 Å². The summed E-state index contributed by atoms with van der Waals surface area (Å²) in [4.78, 5) is 13.3. The lowest BCUT2D eigenvalue weighted by Crippen LogP contribution is -2.36. The Bertz CT molecular complexity index is 1590. The quantitative estimate of drug-likeness (QED) is 0.207. The molecule has 1 aliphatic heterocycles. The first-order valence-electron chi connectivity index (χ1n) is 12.0. The van der Waals surface area contributed by atoms with Gasteiger partial charge in [-0.05, 0) is 65.6 Å². The minimum Gasteiger partial charge on any atom is -0.453 e. The minimum absolute atomic E-state index is 0.318. The summed E-state index contributed by atoms with van der Waals surface area (Å²) in [7, 11) is 0. The minimum atomic E-state index is -0.326. The Morgan fingerprint density at radius 3 is 2.68 bits per heavy atom. The maximum Gasteiger partial charge on any atom is 0.178 e. The lowest BCUT2D eigenvalue weighted by atomic mass is 10.1. The van der Waals surface area contributed by atoms with Crippen molar-refractivity contribution in [1.82, 2.24) is 9.97 Å². The summed E-state index contributed by atoms with van der Waals surface area (Å²) in [5.41, 5.74) is 9.54. The number of nitrogens with zero attached hydrogens (tertiary/aromatic N) is 3. The average Bonchev–Trinajstić information content (AvgIpc) is 3.57. The molecule has 0 aliphatic carbocycles. The molecule has 4 heterocycles. The third-order valence-corrected chi connectivity index (χ3v) is 9.02. The maximum absolute atomic E-state index is 13.6. The molecular weight excluding hydrogens is 536 g/mol. The number of hydrogen-bond donors (Lipinski definition) is 1. The Kier molecular flexibility index (Phi) is 7.33. The fourth-order valence-electron chi connectivity index (χ4n) is 4.20.